The van der Waals surface area contributed by atoms with Gasteiger partial charge in [0.1, 0.15) is 11.3 Å². The zero-order valence-electron chi connectivity index (χ0n) is 6.69. The maximum Gasteiger partial charge on any atom is 0.204 e. The van der Waals surface area contributed by atoms with Crippen molar-refractivity contribution in [2.24, 2.45) is 0 Å². The SMILES string of the molecule is COc1cccn2c(N)ncc12. The molecule has 0 unspecified atom stereocenters. The third-order valence-corrected chi connectivity index (χ3v) is 1.78. The van der Waals surface area contributed by atoms with E-state index in [0.29, 0.717) is 5.95 Å². The minimum atomic E-state index is 0.476. The molecule has 4 heteroatoms. The number of nitrogen functional groups attached to an aromatic ring is 1. The first-order valence-corrected chi connectivity index (χ1v) is 3.58. The van der Waals surface area contributed by atoms with Gasteiger partial charge in [-0.25, -0.2) is 4.98 Å². The van der Waals surface area contributed by atoms with Crippen molar-refractivity contribution in [3.05, 3.63) is 24.5 Å². The Hall–Kier alpha value is -1.71. The number of imidazole rings is 1. The van der Waals surface area contributed by atoms with Crippen molar-refractivity contribution in [2.45, 2.75) is 0 Å². The van der Waals surface area contributed by atoms with Gasteiger partial charge >= 0.3 is 0 Å². The normalized spacial score (nSPS) is 10.4. The van der Waals surface area contributed by atoms with Gasteiger partial charge in [0, 0.05) is 6.20 Å². The molecule has 0 saturated heterocycles. The summed E-state index contributed by atoms with van der Waals surface area (Å²) in [7, 11) is 1.62. The summed E-state index contributed by atoms with van der Waals surface area (Å²) in [5.74, 6) is 1.26. The van der Waals surface area contributed by atoms with E-state index < -0.39 is 0 Å². The molecule has 0 fully saturated rings. The number of aromatic nitrogens is 2. The highest BCUT2D eigenvalue weighted by molar-refractivity contribution is 5.61. The maximum atomic E-state index is 5.60. The molecule has 2 N–H and O–H groups in total. The van der Waals surface area contributed by atoms with E-state index in [1.165, 1.54) is 0 Å². The summed E-state index contributed by atoms with van der Waals surface area (Å²) >= 11 is 0. The smallest absolute Gasteiger partial charge is 0.204 e. The number of anilines is 1. The van der Waals surface area contributed by atoms with E-state index in [-0.39, 0.29) is 0 Å². The predicted molar refractivity (Wildman–Crippen MR) is 46.2 cm³/mol. The van der Waals surface area contributed by atoms with Crippen molar-refractivity contribution < 1.29 is 4.74 Å². The molecule has 0 saturated carbocycles. The molecule has 0 spiro atoms. The van der Waals surface area contributed by atoms with Crippen LogP contribution in [0.4, 0.5) is 5.95 Å². The van der Waals surface area contributed by atoms with Crippen LogP contribution in [0.15, 0.2) is 24.5 Å². The minimum Gasteiger partial charge on any atom is -0.494 e. The topological polar surface area (TPSA) is 52.5 Å². The second-order valence-electron chi connectivity index (χ2n) is 2.45. The van der Waals surface area contributed by atoms with E-state index in [2.05, 4.69) is 4.98 Å². The van der Waals surface area contributed by atoms with Gasteiger partial charge in [-0.2, -0.15) is 0 Å². The lowest BCUT2D eigenvalue weighted by Gasteiger charge is -2.01. The number of ether oxygens (including phenoxy) is 1. The predicted octanol–water partition coefficient (Wildman–Crippen LogP) is 0.925. The lowest BCUT2D eigenvalue weighted by molar-refractivity contribution is 0.418. The number of hydrogen-bond donors (Lipinski definition) is 1. The molecule has 0 aliphatic heterocycles. The van der Waals surface area contributed by atoms with E-state index in [1.807, 2.05) is 18.3 Å². The highest BCUT2D eigenvalue weighted by Gasteiger charge is 2.02. The van der Waals surface area contributed by atoms with Crippen molar-refractivity contribution in [3.63, 3.8) is 0 Å². The molecule has 0 aliphatic carbocycles. The Morgan fingerprint density at radius 2 is 2.42 bits per heavy atom. The summed E-state index contributed by atoms with van der Waals surface area (Å²) in [4.78, 5) is 3.97. The van der Waals surface area contributed by atoms with Crippen molar-refractivity contribution in [1.29, 1.82) is 0 Å². The fraction of sp³-hybridized carbons (Fsp3) is 0.125. The number of fused-ring (bicyclic) bond motifs is 1. The zero-order chi connectivity index (χ0) is 8.55. The van der Waals surface area contributed by atoms with Gasteiger partial charge in [-0.15, -0.1) is 0 Å². The third-order valence-electron chi connectivity index (χ3n) is 1.78. The Morgan fingerprint density at radius 1 is 1.58 bits per heavy atom. The van der Waals surface area contributed by atoms with E-state index >= 15 is 0 Å². The van der Waals surface area contributed by atoms with Crippen LogP contribution >= 0.6 is 0 Å². The largest absolute Gasteiger partial charge is 0.494 e. The summed E-state index contributed by atoms with van der Waals surface area (Å²) in [5, 5.41) is 0. The van der Waals surface area contributed by atoms with Gasteiger partial charge in [-0.1, -0.05) is 0 Å². The Morgan fingerprint density at radius 3 is 3.17 bits per heavy atom. The van der Waals surface area contributed by atoms with Gasteiger partial charge in [0.25, 0.3) is 0 Å². The minimum absolute atomic E-state index is 0.476. The number of methoxy groups -OCH3 is 1. The standard InChI is InChI=1S/C8H9N3O/c1-12-7-3-2-4-11-6(7)5-10-8(11)9/h2-5H,1H3,(H2,9,10). The zero-order valence-corrected chi connectivity index (χ0v) is 6.69. The monoisotopic (exact) mass is 163 g/mol. The van der Waals surface area contributed by atoms with Crippen LogP contribution in [0.25, 0.3) is 5.52 Å². The number of hydrogen-bond acceptors (Lipinski definition) is 3. The molecule has 2 aromatic heterocycles. The van der Waals surface area contributed by atoms with Gasteiger partial charge in [-0.3, -0.25) is 4.40 Å². The molecular weight excluding hydrogens is 154 g/mol. The van der Waals surface area contributed by atoms with Crippen molar-refractivity contribution in [2.75, 3.05) is 12.8 Å². The summed E-state index contributed by atoms with van der Waals surface area (Å²) < 4.78 is 6.90. The van der Waals surface area contributed by atoms with Crippen molar-refractivity contribution >= 4 is 11.5 Å². The maximum absolute atomic E-state index is 5.60. The highest BCUT2D eigenvalue weighted by Crippen LogP contribution is 2.20. The first-order chi connectivity index (χ1) is 5.83. The Kier molecular flexibility index (Phi) is 1.40. The van der Waals surface area contributed by atoms with Crippen LogP contribution in [-0.2, 0) is 0 Å². The van der Waals surface area contributed by atoms with Crippen LogP contribution in [0, 0.1) is 0 Å². The molecule has 2 heterocycles. The van der Waals surface area contributed by atoms with Crippen LogP contribution in [0.5, 0.6) is 5.75 Å². The van der Waals surface area contributed by atoms with E-state index in [0.717, 1.165) is 11.3 Å². The number of rotatable bonds is 1. The number of nitrogens with zero attached hydrogens (tertiary/aromatic N) is 2. The summed E-state index contributed by atoms with van der Waals surface area (Å²) in [5.41, 5.74) is 6.48. The Balaban J connectivity index is 2.81. The molecule has 0 atom stereocenters. The molecule has 0 aromatic carbocycles. The summed E-state index contributed by atoms with van der Waals surface area (Å²) in [6.07, 6.45) is 3.54. The molecule has 0 amide bonds. The molecule has 0 radical (unpaired) electrons. The Bertz CT molecular complexity index is 408. The van der Waals surface area contributed by atoms with E-state index in [9.17, 15) is 0 Å². The molecular formula is C8H9N3O. The Labute approximate surface area is 69.6 Å². The second kappa shape index (κ2) is 2.41. The van der Waals surface area contributed by atoms with Crippen LogP contribution in [0.2, 0.25) is 0 Å². The van der Waals surface area contributed by atoms with Gasteiger partial charge in [0.05, 0.1) is 13.3 Å². The molecule has 2 rings (SSSR count). The van der Waals surface area contributed by atoms with Gasteiger partial charge < -0.3 is 10.5 Å². The lowest BCUT2D eigenvalue weighted by Crippen LogP contribution is -1.94. The second-order valence-corrected chi connectivity index (χ2v) is 2.45. The van der Waals surface area contributed by atoms with E-state index in [1.54, 1.807) is 17.7 Å². The first kappa shape index (κ1) is 6.97. The average Bonchev–Trinajstić information content (AvgIpc) is 2.48. The molecule has 12 heavy (non-hydrogen) atoms. The number of pyridine rings is 1. The summed E-state index contributed by atoms with van der Waals surface area (Å²) in [6, 6.07) is 3.74. The first-order valence-electron chi connectivity index (χ1n) is 3.58. The number of nitrogens with two attached hydrogens (primary N) is 1. The molecule has 0 aliphatic rings. The molecule has 62 valence electrons. The van der Waals surface area contributed by atoms with Crippen molar-refractivity contribution in [3.8, 4) is 5.75 Å². The van der Waals surface area contributed by atoms with Crippen LogP contribution < -0.4 is 10.5 Å². The van der Waals surface area contributed by atoms with Gasteiger partial charge in [0.2, 0.25) is 5.95 Å². The van der Waals surface area contributed by atoms with Gasteiger partial charge in [0.15, 0.2) is 0 Å². The van der Waals surface area contributed by atoms with Crippen molar-refractivity contribution in [1.82, 2.24) is 9.38 Å². The fourth-order valence-electron chi connectivity index (χ4n) is 1.19. The highest BCUT2D eigenvalue weighted by atomic mass is 16.5. The molecule has 0 bridgehead atoms. The quantitative estimate of drug-likeness (QED) is 0.680. The molecule has 2 aromatic rings. The summed E-state index contributed by atoms with van der Waals surface area (Å²) in [6.45, 7) is 0. The van der Waals surface area contributed by atoms with E-state index in [4.69, 9.17) is 10.5 Å². The molecule has 4 nitrogen and oxygen atoms in total. The third kappa shape index (κ3) is 0.812. The van der Waals surface area contributed by atoms with Gasteiger partial charge in [-0.05, 0) is 12.1 Å². The fourth-order valence-corrected chi connectivity index (χ4v) is 1.19. The van der Waals surface area contributed by atoms with Crippen LogP contribution in [0.3, 0.4) is 0 Å². The lowest BCUT2D eigenvalue weighted by atomic mass is 10.4. The van der Waals surface area contributed by atoms with Crippen LogP contribution in [0.1, 0.15) is 0 Å². The van der Waals surface area contributed by atoms with Crippen LogP contribution in [-0.4, -0.2) is 16.5 Å². The average molecular weight is 163 g/mol.